The zero-order chi connectivity index (χ0) is 11.1. The summed E-state index contributed by atoms with van der Waals surface area (Å²) in [5.74, 6) is 0. The Morgan fingerprint density at radius 2 is 1.93 bits per heavy atom. The summed E-state index contributed by atoms with van der Waals surface area (Å²) in [6.07, 6.45) is 1.14. The first kappa shape index (κ1) is 10.6. The van der Waals surface area contributed by atoms with Crippen LogP contribution in [0.3, 0.4) is 0 Å². The first-order valence-corrected chi connectivity index (χ1v) is 6.43. The molecule has 1 aromatic rings. The van der Waals surface area contributed by atoms with Gasteiger partial charge in [-0.25, -0.2) is 8.42 Å². The van der Waals surface area contributed by atoms with Crippen LogP contribution in [-0.4, -0.2) is 24.9 Å². The summed E-state index contributed by atoms with van der Waals surface area (Å²) in [5, 5.41) is 9.17. The van der Waals surface area contributed by atoms with Crippen molar-refractivity contribution in [1.29, 1.82) is 0 Å². The van der Waals surface area contributed by atoms with Crippen LogP contribution in [0, 0.1) is 6.92 Å². The molecule has 15 heavy (non-hydrogen) atoms. The van der Waals surface area contributed by atoms with Gasteiger partial charge in [0.05, 0.1) is 16.2 Å². The van der Waals surface area contributed by atoms with Gasteiger partial charge in [0.25, 0.3) is 0 Å². The van der Waals surface area contributed by atoms with Crippen molar-refractivity contribution in [1.82, 2.24) is 0 Å². The lowest BCUT2D eigenvalue weighted by molar-refractivity contribution is 0.283. The number of aliphatic hydroxyl groups excluding tert-OH is 1. The van der Waals surface area contributed by atoms with Gasteiger partial charge in [-0.3, -0.25) is 0 Å². The third-order valence-electron chi connectivity index (χ3n) is 3.05. The summed E-state index contributed by atoms with van der Waals surface area (Å²) in [5.41, 5.74) is 0.747. The second kappa shape index (κ2) is 3.32. The molecule has 3 nitrogen and oxygen atoms in total. The molecule has 82 valence electrons. The molecule has 0 aromatic heterocycles. The lowest BCUT2D eigenvalue weighted by Crippen LogP contribution is -2.27. The van der Waals surface area contributed by atoms with Crippen molar-refractivity contribution in [3.63, 3.8) is 0 Å². The van der Waals surface area contributed by atoms with E-state index in [1.165, 1.54) is 0 Å². The third-order valence-corrected chi connectivity index (χ3v) is 5.76. The van der Waals surface area contributed by atoms with Crippen molar-refractivity contribution in [2.45, 2.75) is 29.4 Å². The molecule has 0 atom stereocenters. The Hall–Kier alpha value is -0.870. The number of sulfone groups is 1. The van der Waals surface area contributed by atoms with Gasteiger partial charge in [-0.1, -0.05) is 18.2 Å². The zero-order valence-electron chi connectivity index (χ0n) is 8.60. The van der Waals surface area contributed by atoms with E-state index in [0.717, 1.165) is 5.56 Å². The van der Waals surface area contributed by atoms with Crippen LogP contribution in [0.5, 0.6) is 0 Å². The molecule has 4 heteroatoms. The lowest BCUT2D eigenvalue weighted by Gasteiger charge is -2.14. The minimum Gasteiger partial charge on any atom is -0.395 e. The normalized spacial score (nSPS) is 18.8. The maximum absolute atomic E-state index is 12.2. The van der Waals surface area contributed by atoms with E-state index in [1.807, 2.05) is 6.07 Å². The van der Waals surface area contributed by atoms with Gasteiger partial charge in [0, 0.05) is 0 Å². The molecule has 0 saturated heterocycles. The molecule has 1 aliphatic rings. The van der Waals surface area contributed by atoms with Gasteiger partial charge in [0.2, 0.25) is 0 Å². The Kier molecular flexibility index (Phi) is 2.35. The fraction of sp³-hybridized carbons (Fsp3) is 0.455. The highest BCUT2D eigenvalue weighted by molar-refractivity contribution is 7.93. The molecule has 1 fully saturated rings. The first-order chi connectivity index (χ1) is 7.03. The summed E-state index contributed by atoms with van der Waals surface area (Å²) in [6, 6.07) is 6.92. The highest BCUT2D eigenvalue weighted by Gasteiger charge is 2.54. The Morgan fingerprint density at radius 1 is 1.33 bits per heavy atom. The second-order valence-electron chi connectivity index (χ2n) is 4.11. The molecule has 0 unspecified atom stereocenters. The number of rotatable bonds is 3. The first-order valence-electron chi connectivity index (χ1n) is 4.95. The third kappa shape index (κ3) is 1.48. The smallest absolute Gasteiger partial charge is 0.186 e. The summed E-state index contributed by atoms with van der Waals surface area (Å²) in [7, 11) is -3.36. The van der Waals surface area contributed by atoms with Crippen LogP contribution < -0.4 is 0 Å². The van der Waals surface area contributed by atoms with Crippen molar-refractivity contribution in [2.75, 3.05) is 6.61 Å². The molecule has 1 N–H and O–H groups in total. The lowest BCUT2D eigenvalue weighted by atomic mass is 10.2. The minimum atomic E-state index is -3.36. The Balaban J connectivity index is 2.52. The highest BCUT2D eigenvalue weighted by Crippen LogP contribution is 2.46. The molecule has 0 amide bonds. The Morgan fingerprint density at radius 3 is 2.40 bits per heavy atom. The van der Waals surface area contributed by atoms with E-state index < -0.39 is 14.6 Å². The summed E-state index contributed by atoms with van der Waals surface area (Å²) < 4.78 is 23.5. The number of aryl methyl sites for hydroxylation is 1. The van der Waals surface area contributed by atoms with Gasteiger partial charge in [-0.15, -0.1) is 0 Å². The van der Waals surface area contributed by atoms with E-state index in [9.17, 15) is 8.42 Å². The predicted molar refractivity (Wildman–Crippen MR) is 57.4 cm³/mol. The fourth-order valence-electron chi connectivity index (χ4n) is 1.74. The van der Waals surface area contributed by atoms with Gasteiger partial charge < -0.3 is 5.11 Å². The standard InChI is InChI=1S/C11H14O3S/c1-9-4-2-3-5-10(9)15(13,14)11(8-12)6-7-11/h2-5,12H,6-8H2,1H3. The maximum Gasteiger partial charge on any atom is 0.186 e. The molecule has 1 aromatic carbocycles. The largest absolute Gasteiger partial charge is 0.395 e. The molecular weight excluding hydrogens is 212 g/mol. The Labute approximate surface area is 89.7 Å². The van der Waals surface area contributed by atoms with Crippen LogP contribution >= 0.6 is 0 Å². The molecule has 0 spiro atoms. The van der Waals surface area contributed by atoms with Gasteiger partial charge in [0.1, 0.15) is 0 Å². The molecule has 0 heterocycles. The SMILES string of the molecule is Cc1ccccc1S(=O)(=O)C1(CO)CC1. The van der Waals surface area contributed by atoms with E-state index in [1.54, 1.807) is 25.1 Å². The van der Waals surface area contributed by atoms with Crippen LogP contribution in [0.15, 0.2) is 29.2 Å². The van der Waals surface area contributed by atoms with Gasteiger partial charge >= 0.3 is 0 Å². The molecular formula is C11H14O3S. The summed E-state index contributed by atoms with van der Waals surface area (Å²) in [4.78, 5) is 0.358. The minimum absolute atomic E-state index is 0.274. The van der Waals surface area contributed by atoms with E-state index >= 15 is 0 Å². The van der Waals surface area contributed by atoms with Gasteiger partial charge in [0.15, 0.2) is 9.84 Å². The van der Waals surface area contributed by atoms with Crippen LogP contribution in [-0.2, 0) is 9.84 Å². The van der Waals surface area contributed by atoms with Crippen LogP contribution in [0.4, 0.5) is 0 Å². The van der Waals surface area contributed by atoms with Crippen LogP contribution in [0.1, 0.15) is 18.4 Å². The Bertz CT molecular complexity index is 472. The molecule has 1 saturated carbocycles. The average molecular weight is 226 g/mol. The zero-order valence-corrected chi connectivity index (χ0v) is 9.42. The van der Waals surface area contributed by atoms with Gasteiger partial charge in [-0.05, 0) is 31.4 Å². The second-order valence-corrected chi connectivity index (χ2v) is 6.42. The van der Waals surface area contributed by atoms with Crippen molar-refractivity contribution >= 4 is 9.84 Å². The molecule has 1 aliphatic carbocycles. The quantitative estimate of drug-likeness (QED) is 0.845. The number of aliphatic hydroxyl groups is 1. The molecule has 2 rings (SSSR count). The topological polar surface area (TPSA) is 54.4 Å². The van der Waals surface area contributed by atoms with Crippen LogP contribution in [0.25, 0.3) is 0 Å². The van der Waals surface area contributed by atoms with Crippen molar-refractivity contribution in [2.24, 2.45) is 0 Å². The number of benzene rings is 1. The summed E-state index contributed by atoms with van der Waals surface area (Å²) >= 11 is 0. The summed E-state index contributed by atoms with van der Waals surface area (Å²) in [6.45, 7) is 1.50. The van der Waals surface area contributed by atoms with Crippen molar-refractivity contribution in [3.8, 4) is 0 Å². The van der Waals surface area contributed by atoms with Crippen molar-refractivity contribution < 1.29 is 13.5 Å². The number of hydrogen-bond donors (Lipinski definition) is 1. The van der Waals surface area contributed by atoms with Crippen molar-refractivity contribution in [3.05, 3.63) is 29.8 Å². The molecule has 0 bridgehead atoms. The van der Waals surface area contributed by atoms with E-state index in [0.29, 0.717) is 17.7 Å². The van der Waals surface area contributed by atoms with E-state index in [4.69, 9.17) is 5.11 Å². The molecule has 0 aliphatic heterocycles. The maximum atomic E-state index is 12.2. The van der Waals surface area contributed by atoms with Crippen LogP contribution in [0.2, 0.25) is 0 Å². The number of hydrogen-bond acceptors (Lipinski definition) is 3. The predicted octanol–water partition coefficient (Wildman–Crippen LogP) is 1.29. The van der Waals surface area contributed by atoms with E-state index in [-0.39, 0.29) is 6.61 Å². The molecule has 0 radical (unpaired) electrons. The highest BCUT2D eigenvalue weighted by atomic mass is 32.2. The average Bonchev–Trinajstić information content (AvgIpc) is 2.98. The monoisotopic (exact) mass is 226 g/mol. The fourth-order valence-corrected chi connectivity index (χ4v) is 3.77. The van der Waals surface area contributed by atoms with Gasteiger partial charge in [-0.2, -0.15) is 0 Å². The van der Waals surface area contributed by atoms with E-state index in [2.05, 4.69) is 0 Å².